The molecule has 1 saturated heterocycles. The Bertz CT molecular complexity index is 504. The molecule has 0 amide bonds. The highest BCUT2D eigenvalue weighted by atomic mass is 16.4. The average Bonchev–Trinajstić information content (AvgIpc) is 2.92. The van der Waals surface area contributed by atoms with E-state index in [1.54, 1.807) is 6.20 Å². The largest absolute Gasteiger partial charge is 0.476 e. The molecule has 2 rings (SSSR count). The van der Waals surface area contributed by atoms with Crippen molar-refractivity contribution < 1.29 is 9.90 Å². The van der Waals surface area contributed by atoms with Gasteiger partial charge in [-0.1, -0.05) is 20.8 Å². The highest BCUT2D eigenvalue weighted by Crippen LogP contribution is 2.20. The Kier molecular flexibility index (Phi) is 5.12. The lowest BCUT2D eigenvalue weighted by atomic mass is 10.2. The summed E-state index contributed by atoms with van der Waals surface area (Å²) in [6.45, 7) is 8.94. The molecule has 1 atom stereocenters. The summed E-state index contributed by atoms with van der Waals surface area (Å²) in [5, 5.41) is 12.5. The first-order valence-electron chi connectivity index (χ1n) is 7.61. The van der Waals surface area contributed by atoms with Crippen LogP contribution in [0.15, 0.2) is 6.20 Å². The molecule has 2 heterocycles. The minimum Gasteiger partial charge on any atom is -0.476 e. The van der Waals surface area contributed by atoms with Crippen molar-refractivity contribution in [2.24, 2.45) is 0 Å². The van der Waals surface area contributed by atoms with Crippen molar-refractivity contribution in [1.29, 1.82) is 0 Å². The minimum absolute atomic E-state index is 0.0646. The fraction of sp³-hybridized carbons (Fsp3) is 0.667. The molecule has 0 aromatic carbocycles. The predicted octanol–water partition coefficient (Wildman–Crippen LogP) is 2.19. The molecule has 0 spiro atoms. The van der Waals surface area contributed by atoms with Gasteiger partial charge in [0.1, 0.15) is 5.82 Å². The highest BCUT2D eigenvalue weighted by molar-refractivity contribution is 5.91. The Balaban J connectivity index is 2.10. The van der Waals surface area contributed by atoms with Gasteiger partial charge in [-0.15, -0.1) is 0 Å². The van der Waals surface area contributed by atoms with Gasteiger partial charge in [0.05, 0.1) is 11.9 Å². The van der Waals surface area contributed by atoms with Gasteiger partial charge < -0.3 is 10.4 Å². The van der Waals surface area contributed by atoms with Crippen molar-refractivity contribution in [2.75, 3.05) is 25.0 Å². The lowest BCUT2D eigenvalue weighted by molar-refractivity contribution is 0.0691. The van der Waals surface area contributed by atoms with Crippen LogP contribution in [0.3, 0.4) is 0 Å². The van der Waals surface area contributed by atoms with Gasteiger partial charge in [0.2, 0.25) is 0 Å². The topological polar surface area (TPSA) is 78.3 Å². The smallest absolute Gasteiger partial charge is 0.356 e. The number of hydrogen-bond acceptors (Lipinski definition) is 5. The van der Waals surface area contributed by atoms with Crippen LogP contribution in [0.4, 0.5) is 5.69 Å². The molecule has 1 aromatic rings. The first-order chi connectivity index (χ1) is 10.0. The van der Waals surface area contributed by atoms with E-state index in [-0.39, 0.29) is 11.6 Å². The molecule has 1 unspecified atom stereocenters. The van der Waals surface area contributed by atoms with Crippen LogP contribution in [0, 0.1) is 0 Å². The molecule has 1 aromatic heterocycles. The van der Waals surface area contributed by atoms with Crippen LogP contribution in [0.2, 0.25) is 0 Å². The maximum atomic E-state index is 11.4. The zero-order valence-corrected chi connectivity index (χ0v) is 13.0. The van der Waals surface area contributed by atoms with E-state index in [1.807, 2.05) is 13.8 Å². The molecule has 6 nitrogen and oxygen atoms in total. The van der Waals surface area contributed by atoms with Gasteiger partial charge in [-0.25, -0.2) is 14.8 Å². The molecular formula is C15H24N4O2. The number of nitrogens with one attached hydrogen (secondary N) is 1. The Hall–Kier alpha value is -1.69. The SMILES string of the molecule is CCN1CCCC1CNc1cnc(C(C)C)nc1C(=O)O. The van der Waals surface area contributed by atoms with E-state index >= 15 is 0 Å². The Morgan fingerprint density at radius 3 is 2.95 bits per heavy atom. The number of aromatic nitrogens is 2. The highest BCUT2D eigenvalue weighted by Gasteiger charge is 2.23. The van der Waals surface area contributed by atoms with Gasteiger partial charge in [-0.3, -0.25) is 4.90 Å². The lowest BCUT2D eigenvalue weighted by Gasteiger charge is -2.23. The summed E-state index contributed by atoms with van der Waals surface area (Å²) in [6, 6.07) is 0.460. The van der Waals surface area contributed by atoms with Crippen molar-refractivity contribution in [2.45, 2.75) is 45.6 Å². The van der Waals surface area contributed by atoms with Gasteiger partial charge >= 0.3 is 5.97 Å². The van der Waals surface area contributed by atoms with E-state index in [9.17, 15) is 9.90 Å². The van der Waals surface area contributed by atoms with Crippen LogP contribution in [0.25, 0.3) is 0 Å². The van der Waals surface area contributed by atoms with Crippen LogP contribution < -0.4 is 5.32 Å². The molecule has 2 N–H and O–H groups in total. The number of carbonyl (C=O) groups is 1. The molecule has 0 radical (unpaired) electrons. The van der Waals surface area contributed by atoms with Gasteiger partial charge in [0.25, 0.3) is 0 Å². The van der Waals surface area contributed by atoms with Crippen LogP contribution in [0.5, 0.6) is 0 Å². The molecule has 1 fully saturated rings. The van der Waals surface area contributed by atoms with Crippen LogP contribution in [0.1, 0.15) is 55.8 Å². The van der Waals surface area contributed by atoms with E-state index in [1.165, 1.54) is 6.42 Å². The summed E-state index contributed by atoms with van der Waals surface area (Å²) in [5.74, 6) is -0.336. The van der Waals surface area contributed by atoms with Crippen LogP contribution in [-0.4, -0.2) is 51.6 Å². The third-order valence-electron chi connectivity index (χ3n) is 3.96. The van der Waals surface area contributed by atoms with E-state index in [0.717, 1.165) is 26.1 Å². The van der Waals surface area contributed by atoms with Crippen molar-refractivity contribution in [3.63, 3.8) is 0 Å². The molecular weight excluding hydrogens is 268 g/mol. The standard InChI is InChI=1S/C15H24N4O2/c1-4-19-7-5-6-11(19)8-16-12-9-17-14(10(2)3)18-13(12)15(20)21/h9-11,16H,4-8H2,1-3H3,(H,20,21). The Morgan fingerprint density at radius 2 is 2.33 bits per heavy atom. The molecule has 116 valence electrons. The zero-order valence-electron chi connectivity index (χ0n) is 13.0. The number of hydrogen-bond donors (Lipinski definition) is 2. The first kappa shape index (κ1) is 15.7. The zero-order chi connectivity index (χ0) is 15.4. The summed E-state index contributed by atoms with van der Waals surface area (Å²) in [7, 11) is 0. The third kappa shape index (κ3) is 3.69. The average molecular weight is 292 g/mol. The molecule has 0 aliphatic carbocycles. The molecule has 1 aliphatic heterocycles. The van der Waals surface area contributed by atoms with E-state index in [4.69, 9.17) is 0 Å². The fourth-order valence-corrected chi connectivity index (χ4v) is 2.74. The second kappa shape index (κ2) is 6.85. The molecule has 0 bridgehead atoms. The van der Waals surface area contributed by atoms with E-state index < -0.39 is 5.97 Å². The fourth-order valence-electron chi connectivity index (χ4n) is 2.74. The number of nitrogens with zero attached hydrogens (tertiary/aromatic N) is 3. The lowest BCUT2D eigenvalue weighted by Crippen LogP contribution is -2.35. The summed E-state index contributed by atoms with van der Waals surface area (Å²) >= 11 is 0. The number of carboxylic acid groups (broad SMARTS) is 1. The summed E-state index contributed by atoms with van der Waals surface area (Å²) in [4.78, 5) is 22.2. The van der Waals surface area contributed by atoms with Crippen molar-refractivity contribution in [1.82, 2.24) is 14.9 Å². The third-order valence-corrected chi connectivity index (χ3v) is 3.96. The molecule has 0 saturated carbocycles. The number of likely N-dealkylation sites (N-methyl/N-ethyl adjacent to an activating group) is 1. The normalized spacial score (nSPS) is 19.1. The van der Waals surface area contributed by atoms with Gasteiger partial charge in [0, 0.05) is 18.5 Å². The van der Waals surface area contributed by atoms with Crippen LogP contribution in [-0.2, 0) is 0 Å². The Labute approximate surface area is 125 Å². The number of likely N-dealkylation sites (tertiary alicyclic amines) is 1. The summed E-state index contributed by atoms with van der Waals surface area (Å²) in [6.07, 6.45) is 3.94. The molecule has 6 heteroatoms. The van der Waals surface area contributed by atoms with Gasteiger partial charge in [0.15, 0.2) is 5.69 Å². The maximum absolute atomic E-state index is 11.4. The van der Waals surface area contributed by atoms with Crippen molar-refractivity contribution in [3.8, 4) is 0 Å². The molecule has 1 aliphatic rings. The second-order valence-electron chi connectivity index (χ2n) is 5.76. The van der Waals surface area contributed by atoms with Crippen molar-refractivity contribution >= 4 is 11.7 Å². The minimum atomic E-state index is -1.01. The maximum Gasteiger partial charge on any atom is 0.356 e. The van der Waals surface area contributed by atoms with E-state index in [2.05, 4.69) is 27.1 Å². The van der Waals surface area contributed by atoms with E-state index in [0.29, 0.717) is 17.6 Å². The van der Waals surface area contributed by atoms with Crippen LogP contribution >= 0.6 is 0 Å². The summed E-state index contributed by atoms with van der Waals surface area (Å²) < 4.78 is 0. The first-order valence-corrected chi connectivity index (χ1v) is 7.61. The quantitative estimate of drug-likeness (QED) is 0.837. The van der Waals surface area contributed by atoms with Crippen molar-refractivity contribution in [3.05, 3.63) is 17.7 Å². The Morgan fingerprint density at radius 1 is 1.57 bits per heavy atom. The van der Waals surface area contributed by atoms with Gasteiger partial charge in [-0.2, -0.15) is 0 Å². The number of rotatable bonds is 6. The number of aromatic carboxylic acids is 1. The van der Waals surface area contributed by atoms with Gasteiger partial charge in [-0.05, 0) is 25.9 Å². The monoisotopic (exact) mass is 292 g/mol. The number of anilines is 1. The number of carboxylic acids is 1. The predicted molar refractivity (Wildman–Crippen MR) is 81.8 cm³/mol. The second-order valence-corrected chi connectivity index (χ2v) is 5.76. The molecule has 21 heavy (non-hydrogen) atoms. The summed E-state index contributed by atoms with van der Waals surface area (Å²) in [5.41, 5.74) is 0.574.